The first-order valence-corrected chi connectivity index (χ1v) is 3.95. The fourth-order valence-corrected chi connectivity index (χ4v) is 1.95. The van der Waals surface area contributed by atoms with Crippen LogP contribution in [0.2, 0.25) is 0 Å². The molecule has 2 rings (SSSR count). The minimum Gasteiger partial charge on any atom is -0.481 e. The van der Waals surface area contributed by atoms with Gasteiger partial charge in [0.2, 0.25) is 0 Å². The van der Waals surface area contributed by atoms with E-state index in [-0.39, 0.29) is 11.5 Å². The van der Waals surface area contributed by atoms with Gasteiger partial charge in [-0.1, -0.05) is 0 Å². The molecule has 0 aromatic heterocycles. The molecule has 4 nitrogen and oxygen atoms in total. The second-order valence-electron chi connectivity index (χ2n) is 3.54. The molecule has 0 amide bonds. The fraction of sp³-hybridized carbons (Fsp3) is 0.857. The number of rotatable bonds is 1. The summed E-state index contributed by atoms with van der Waals surface area (Å²) >= 11 is 0. The quantitative estimate of drug-likeness (QED) is 0.488. The van der Waals surface area contributed by atoms with Crippen molar-refractivity contribution in [2.24, 2.45) is 5.92 Å². The van der Waals surface area contributed by atoms with Crippen molar-refractivity contribution < 1.29 is 9.90 Å². The van der Waals surface area contributed by atoms with Gasteiger partial charge in [-0.2, -0.15) is 0 Å². The first kappa shape index (κ1) is 7.06. The highest BCUT2D eigenvalue weighted by atomic mass is 16.4. The minimum absolute atomic E-state index is 0.121. The molecule has 62 valence electrons. The highest BCUT2D eigenvalue weighted by molar-refractivity contribution is 5.70. The van der Waals surface area contributed by atoms with E-state index in [0.29, 0.717) is 0 Å². The van der Waals surface area contributed by atoms with Crippen LogP contribution in [-0.2, 0) is 4.79 Å². The van der Waals surface area contributed by atoms with E-state index in [1.807, 2.05) is 0 Å². The van der Waals surface area contributed by atoms with Gasteiger partial charge in [-0.15, -0.1) is 0 Å². The van der Waals surface area contributed by atoms with Gasteiger partial charge >= 0.3 is 5.97 Å². The van der Waals surface area contributed by atoms with Crippen LogP contribution >= 0.6 is 0 Å². The molecule has 11 heavy (non-hydrogen) atoms. The lowest BCUT2D eigenvalue weighted by molar-refractivity contribution is -0.141. The van der Waals surface area contributed by atoms with Crippen molar-refractivity contribution in [2.45, 2.75) is 24.8 Å². The van der Waals surface area contributed by atoms with Gasteiger partial charge in [-0.25, -0.2) is 0 Å². The molecule has 4 heteroatoms. The summed E-state index contributed by atoms with van der Waals surface area (Å²) in [5.41, 5.74) is 6.18. The largest absolute Gasteiger partial charge is 0.481 e. The summed E-state index contributed by atoms with van der Waals surface area (Å²) in [7, 11) is 0. The predicted octanol–water partition coefficient (Wildman–Crippen LogP) is -0.282. The summed E-state index contributed by atoms with van der Waals surface area (Å²) < 4.78 is 0. The van der Waals surface area contributed by atoms with Crippen molar-refractivity contribution >= 4 is 5.97 Å². The number of carbonyl (C=O) groups is 1. The van der Waals surface area contributed by atoms with Gasteiger partial charge in [0.25, 0.3) is 0 Å². The third kappa shape index (κ3) is 1.02. The molecule has 1 saturated heterocycles. The van der Waals surface area contributed by atoms with Gasteiger partial charge in [0.15, 0.2) is 0 Å². The third-order valence-electron chi connectivity index (χ3n) is 2.74. The molecule has 1 saturated carbocycles. The molecule has 2 atom stereocenters. The van der Waals surface area contributed by atoms with E-state index in [1.165, 1.54) is 0 Å². The van der Waals surface area contributed by atoms with Crippen LogP contribution in [0.4, 0.5) is 0 Å². The molecular formula is C7H12N2O2. The molecular weight excluding hydrogens is 144 g/mol. The number of aliphatic carboxylic acids is 1. The predicted molar refractivity (Wildman–Crippen MR) is 38.8 cm³/mol. The number of carboxylic acid groups (broad SMARTS) is 1. The van der Waals surface area contributed by atoms with Crippen molar-refractivity contribution in [3.8, 4) is 0 Å². The smallest absolute Gasteiger partial charge is 0.306 e. The molecule has 2 unspecified atom stereocenters. The summed E-state index contributed by atoms with van der Waals surface area (Å²) in [5, 5.41) is 8.72. The number of carboxylic acids is 1. The Kier molecular flexibility index (Phi) is 1.40. The SMILES string of the molecule is O=C(O)C1CCC2(CNN2)C1. The molecule has 2 aliphatic rings. The van der Waals surface area contributed by atoms with Crippen LogP contribution in [0, 0.1) is 5.92 Å². The van der Waals surface area contributed by atoms with Crippen LogP contribution in [-0.4, -0.2) is 23.2 Å². The third-order valence-corrected chi connectivity index (χ3v) is 2.74. The highest BCUT2D eigenvalue weighted by Gasteiger charge is 2.45. The standard InChI is InChI=1S/C7H12N2O2/c10-6(11)5-1-2-7(3-5)4-8-9-7/h5,8-9H,1-4H2,(H,10,11). The molecule has 1 heterocycles. The molecule has 0 aromatic rings. The van der Waals surface area contributed by atoms with Gasteiger partial charge in [0, 0.05) is 12.1 Å². The lowest BCUT2D eigenvalue weighted by Crippen LogP contribution is -2.68. The van der Waals surface area contributed by atoms with E-state index in [2.05, 4.69) is 10.9 Å². The maximum absolute atomic E-state index is 10.6. The Hall–Kier alpha value is -0.610. The lowest BCUT2D eigenvalue weighted by atomic mass is 9.94. The van der Waals surface area contributed by atoms with E-state index in [0.717, 1.165) is 25.8 Å². The summed E-state index contributed by atoms with van der Waals surface area (Å²) in [6, 6.07) is 0. The molecule has 1 aliphatic carbocycles. The summed E-state index contributed by atoms with van der Waals surface area (Å²) in [6.07, 6.45) is 2.61. The number of hydrazine groups is 1. The number of hydrogen-bond donors (Lipinski definition) is 3. The van der Waals surface area contributed by atoms with E-state index in [9.17, 15) is 4.79 Å². The second-order valence-corrected chi connectivity index (χ2v) is 3.54. The average molecular weight is 156 g/mol. The number of hydrogen-bond acceptors (Lipinski definition) is 3. The van der Waals surface area contributed by atoms with Gasteiger partial charge in [0.1, 0.15) is 0 Å². The average Bonchev–Trinajstić information content (AvgIpc) is 2.28. The van der Waals surface area contributed by atoms with Gasteiger partial charge in [0.05, 0.1) is 5.92 Å². The molecule has 1 spiro atoms. The molecule has 2 fully saturated rings. The van der Waals surface area contributed by atoms with Crippen LogP contribution in [0.25, 0.3) is 0 Å². The molecule has 3 N–H and O–H groups in total. The van der Waals surface area contributed by atoms with Crippen LogP contribution < -0.4 is 10.9 Å². The molecule has 1 aliphatic heterocycles. The molecule has 0 radical (unpaired) electrons. The Balaban J connectivity index is 1.98. The second kappa shape index (κ2) is 2.19. The topological polar surface area (TPSA) is 61.4 Å². The van der Waals surface area contributed by atoms with E-state index in [1.54, 1.807) is 0 Å². The highest BCUT2D eigenvalue weighted by Crippen LogP contribution is 2.36. The summed E-state index contributed by atoms with van der Waals surface area (Å²) in [4.78, 5) is 10.6. The Bertz CT molecular complexity index is 189. The van der Waals surface area contributed by atoms with Crippen molar-refractivity contribution in [1.29, 1.82) is 0 Å². The van der Waals surface area contributed by atoms with E-state index >= 15 is 0 Å². The van der Waals surface area contributed by atoms with E-state index in [4.69, 9.17) is 5.11 Å². The normalized spacial score (nSPS) is 42.4. The fourth-order valence-electron chi connectivity index (χ4n) is 1.95. The number of nitrogens with one attached hydrogen (secondary N) is 2. The zero-order valence-corrected chi connectivity index (χ0v) is 6.26. The minimum atomic E-state index is -0.643. The maximum atomic E-state index is 10.6. The zero-order chi connectivity index (χ0) is 7.90. The van der Waals surface area contributed by atoms with Gasteiger partial charge < -0.3 is 5.11 Å². The maximum Gasteiger partial charge on any atom is 0.306 e. The van der Waals surface area contributed by atoms with Crippen molar-refractivity contribution in [1.82, 2.24) is 10.9 Å². The van der Waals surface area contributed by atoms with Crippen LogP contribution in [0.15, 0.2) is 0 Å². The Morgan fingerprint density at radius 1 is 1.64 bits per heavy atom. The van der Waals surface area contributed by atoms with Crippen molar-refractivity contribution in [2.75, 3.05) is 6.54 Å². The monoisotopic (exact) mass is 156 g/mol. The first-order chi connectivity index (χ1) is 5.22. The molecule has 0 aromatic carbocycles. The zero-order valence-electron chi connectivity index (χ0n) is 6.26. The van der Waals surface area contributed by atoms with Gasteiger partial charge in [-0.3, -0.25) is 15.6 Å². The van der Waals surface area contributed by atoms with Crippen molar-refractivity contribution in [3.05, 3.63) is 0 Å². The van der Waals surface area contributed by atoms with E-state index < -0.39 is 5.97 Å². The van der Waals surface area contributed by atoms with Gasteiger partial charge in [-0.05, 0) is 19.3 Å². The summed E-state index contributed by atoms with van der Waals surface area (Å²) in [5.74, 6) is -0.764. The Labute approximate surface area is 64.9 Å². The summed E-state index contributed by atoms with van der Waals surface area (Å²) in [6.45, 7) is 0.927. The first-order valence-electron chi connectivity index (χ1n) is 3.95. The van der Waals surface area contributed by atoms with Crippen LogP contribution in [0.3, 0.4) is 0 Å². The Morgan fingerprint density at radius 2 is 2.36 bits per heavy atom. The van der Waals surface area contributed by atoms with Crippen molar-refractivity contribution in [3.63, 3.8) is 0 Å². The molecule has 0 bridgehead atoms. The van der Waals surface area contributed by atoms with Crippen LogP contribution in [0.1, 0.15) is 19.3 Å². The lowest BCUT2D eigenvalue weighted by Gasteiger charge is -2.40. The Morgan fingerprint density at radius 3 is 2.64 bits per heavy atom. The van der Waals surface area contributed by atoms with Crippen LogP contribution in [0.5, 0.6) is 0 Å².